The lowest BCUT2D eigenvalue weighted by molar-refractivity contribution is -0.128. The molecule has 0 amide bonds. The lowest BCUT2D eigenvalue weighted by Gasteiger charge is -1.99. The van der Waals surface area contributed by atoms with Crippen LogP contribution in [0.15, 0.2) is 24.3 Å². The molecule has 0 heterocycles. The first-order valence-electron chi connectivity index (χ1n) is 8.27. The second-order valence-corrected chi connectivity index (χ2v) is 5.20. The quantitative estimate of drug-likeness (QED) is 0.222. The van der Waals surface area contributed by atoms with Gasteiger partial charge >= 0.3 is 0 Å². The normalized spacial score (nSPS) is 11.4. The van der Waals surface area contributed by atoms with E-state index in [0.29, 0.717) is 13.1 Å². The highest BCUT2D eigenvalue weighted by molar-refractivity contribution is 5.36. The zero-order chi connectivity index (χ0) is 14.7. The molecule has 2 heteroatoms. The lowest BCUT2D eigenvalue weighted by atomic mass is 10.1. The van der Waals surface area contributed by atoms with Crippen molar-refractivity contribution in [3.05, 3.63) is 24.3 Å². The zero-order valence-corrected chi connectivity index (χ0v) is 13.2. The topological polar surface area (TPSA) is 26.3 Å². The van der Waals surface area contributed by atoms with Gasteiger partial charge in [-0.3, -0.25) is 4.79 Å². The molecule has 0 bridgehead atoms. The van der Waals surface area contributed by atoms with Crippen molar-refractivity contribution in [2.45, 2.75) is 77.6 Å². The van der Waals surface area contributed by atoms with Gasteiger partial charge in [0.1, 0.15) is 0 Å². The van der Waals surface area contributed by atoms with Crippen LogP contribution in [0.2, 0.25) is 0 Å². The molecule has 0 aromatic heterocycles. The van der Waals surface area contributed by atoms with Gasteiger partial charge in [-0.2, -0.15) is 0 Å². The first-order valence-corrected chi connectivity index (χ1v) is 8.27. The Balaban J connectivity index is 3.13. The molecular formula is C18H32O2. The Morgan fingerprint density at radius 1 is 0.750 bits per heavy atom. The molecule has 0 fully saturated rings. The molecule has 0 rings (SSSR count). The van der Waals surface area contributed by atoms with Crippen molar-refractivity contribution in [3.63, 3.8) is 0 Å². The minimum atomic E-state index is 0.531. The second-order valence-electron chi connectivity index (χ2n) is 5.20. The minimum absolute atomic E-state index is 0.531. The highest BCUT2D eigenvalue weighted by atomic mass is 16.5. The number of ether oxygens (including phenoxy) is 1. The van der Waals surface area contributed by atoms with E-state index in [1.165, 1.54) is 51.4 Å². The molecule has 0 spiro atoms. The molecule has 0 unspecified atom stereocenters. The van der Waals surface area contributed by atoms with Crippen LogP contribution in [-0.2, 0) is 9.53 Å². The number of carbonyl (C=O) groups excluding carboxylic acids is 1. The van der Waals surface area contributed by atoms with Crippen LogP contribution in [0, 0.1) is 0 Å². The molecule has 20 heavy (non-hydrogen) atoms. The van der Waals surface area contributed by atoms with Gasteiger partial charge in [-0.05, 0) is 38.5 Å². The average molecular weight is 280 g/mol. The number of carbonyl (C=O) groups is 1. The van der Waals surface area contributed by atoms with Gasteiger partial charge in [-0.25, -0.2) is 0 Å². The summed E-state index contributed by atoms with van der Waals surface area (Å²) in [5, 5.41) is 0. The van der Waals surface area contributed by atoms with Crippen LogP contribution in [-0.4, -0.2) is 13.1 Å². The van der Waals surface area contributed by atoms with E-state index in [9.17, 15) is 4.79 Å². The Hall–Kier alpha value is -1.05. The summed E-state index contributed by atoms with van der Waals surface area (Å²) < 4.78 is 4.65. The van der Waals surface area contributed by atoms with Gasteiger partial charge in [0, 0.05) is 0 Å². The molecule has 116 valence electrons. The van der Waals surface area contributed by atoms with E-state index in [4.69, 9.17) is 0 Å². The van der Waals surface area contributed by atoms with Crippen LogP contribution in [0.25, 0.3) is 0 Å². The Morgan fingerprint density at radius 3 is 2.00 bits per heavy atom. The SMILES string of the molecule is CCCCC/C=C\C/C=C\CCCCCCCOC=O. The zero-order valence-electron chi connectivity index (χ0n) is 13.2. The van der Waals surface area contributed by atoms with E-state index in [-0.39, 0.29) is 0 Å². The molecule has 0 aromatic rings. The van der Waals surface area contributed by atoms with Crippen molar-refractivity contribution in [1.82, 2.24) is 0 Å². The molecule has 2 nitrogen and oxygen atoms in total. The van der Waals surface area contributed by atoms with Gasteiger partial charge in [0.15, 0.2) is 0 Å². The molecule has 0 aliphatic heterocycles. The fourth-order valence-electron chi connectivity index (χ4n) is 2.04. The van der Waals surface area contributed by atoms with E-state index < -0.39 is 0 Å². The largest absolute Gasteiger partial charge is 0.468 e. The predicted molar refractivity (Wildman–Crippen MR) is 86.8 cm³/mol. The summed E-state index contributed by atoms with van der Waals surface area (Å²) in [6.45, 7) is 3.35. The highest BCUT2D eigenvalue weighted by Gasteiger charge is 1.90. The smallest absolute Gasteiger partial charge is 0.293 e. The average Bonchev–Trinajstić information content (AvgIpc) is 2.47. The van der Waals surface area contributed by atoms with Crippen molar-refractivity contribution in [3.8, 4) is 0 Å². The van der Waals surface area contributed by atoms with E-state index in [0.717, 1.165) is 19.3 Å². The molecular weight excluding hydrogens is 248 g/mol. The van der Waals surface area contributed by atoms with E-state index in [1.807, 2.05) is 0 Å². The molecule has 0 aromatic carbocycles. The summed E-state index contributed by atoms with van der Waals surface area (Å²) in [6.07, 6.45) is 22.6. The van der Waals surface area contributed by atoms with Gasteiger partial charge < -0.3 is 4.74 Å². The maximum Gasteiger partial charge on any atom is 0.293 e. The van der Waals surface area contributed by atoms with Gasteiger partial charge in [-0.15, -0.1) is 0 Å². The van der Waals surface area contributed by atoms with Crippen LogP contribution >= 0.6 is 0 Å². The molecule has 0 radical (unpaired) electrons. The van der Waals surface area contributed by atoms with E-state index in [2.05, 4.69) is 36.0 Å². The molecule has 0 aliphatic carbocycles. The first-order chi connectivity index (χ1) is 9.91. The number of hydrogen-bond acceptors (Lipinski definition) is 2. The third kappa shape index (κ3) is 16.9. The first kappa shape index (κ1) is 18.9. The summed E-state index contributed by atoms with van der Waals surface area (Å²) in [5.41, 5.74) is 0. The Bertz CT molecular complexity index is 244. The number of hydrogen-bond donors (Lipinski definition) is 0. The Morgan fingerprint density at radius 2 is 1.35 bits per heavy atom. The molecule has 0 saturated carbocycles. The maximum atomic E-state index is 9.92. The van der Waals surface area contributed by atoms with Crippen LogP contribution in [0.4, 0.5) is 0 Å². The standard InChI is InChI=1S/C18H32O2/c1-2-3-4-5-6-7-8-9-10-11-12-13-14-15-16-17-20-18-19/h6-7,9-10,18H,2-5,8,11-17H2,1H3/b7-6-,10-9-. The third-order valence-electron chi connectivity index (χ3n) is 3.28. The molecule has 0 aliphatic rings. The minimum Gasteiger partial charge on any atom is -0.468 e. The maximum absolute atomic E-state index is 9.92. The Labute approximate surface area is 125 Å². The van der Waals surface area contributed by atoms with Gasteiger partial charge in [-0.1, -0.05) is 63.3 Å². The summed E-state index contributed by atoms with van der Waals surface area (Å²) in [6, 6.07) is 0. The van der Waals surface area contributed by atoms with E-state index in [1.54, 1.807) is 0 Å². The Kier molecular flexibility index (Phi) is 17.0. The molecule has 0 saturated heterocycles. The highest BCUT2D eigenvalue weighted by Crippen LogP contribution is 2.06. The van der Waals surface area contributed by atoms with Gasteiger partial charge in [0.05, 0.1) is 6.61 Å². The fourth-order valence-corrected chi connectivity index (χ4v) is 2.04. The predicted octanol–water partition coefficient (Wildman–Crippen LogP) is 5.58. The van der Waals surface area contributed by atoms with Crippen LogP contribution in [0.5, 0.6) is 0 Å². The summed E-state index contributed by atoms with van der Waals surface area (Å²) >= 11 is 0. The summed E-state index contributed by atoms with van der Waals surface area (Å²) in [7, 11) is 0. The monoisotopic (exact) mass is 280 g/mol. The van der Waals surface area contributed by atoms with Crippen LogP contribution < -0.4 is 0 Å². The third-order valence-corrected chi connectivity index (χ3v) is 3.28. The van der Waals surface area contributed by atoms with Crippen molar-refractivity contribution < 1.29 is 9.53 Å². The van der Waals surface area contributed by atoms with Crippen LogP contribution in [0.3, 0.4) is 0 Å². The number of rotatable bonds is 15. The van der Waals surface area contributed by atoms with Crippen LogP contribution in [0.1, 0.15) is 77.6 Å². The van der Waals surface area contributed by atoms with Crippen molar-refractivity contribution in [2.75, 3.05) is 6.61 Å². The number of unbranched alkanes of at least 4 members (excludes halogenated alkanes) is 8. The van der Waals surface area contributed by atoms with Gasteiger partial charge in [0.2, 0.25) is 0 Å². The summed E-state index contributed by atoms with van der Waals surface area (Å²) in [5.74, 6) is 0. The van der Waals surface area contributed by atoms with E-state index >= 15 is 0 Å². The molecule has 0 atom stereocenters. The second kappa shape index (κ2) is 17.9. The van der Waals surface area contributed by atoms with Gasteiger partial charge in [0.25, 0.3) is 6.47 Å². The lowest BCUT2D eigenvalue weighted by Crippen LogP contribution is -1.91. The van der Waals surface area contributed by atoms with Crippen molar-refractivity contribution >= 4 is 6.47 Å². The number of allylic oxidation sites excluding steroid dienone is 4. The van der Waals surface area contributed by atoms with Crippen molar-refractivity contribution in [2.24, 2.45) is 0 Å². The van der Waals surface area contributed by atoms with Crippen molar-refractivity contribution in [1.29, 1.82) is 0 Å². The molecule has 0 N–H and O–H groups in total. The summed E-state index contributed by atoms with van der Waals surface area (Å²) in [4.78, 5) is 9.92. The fraction of sp³-hybridized carbons (Fsp3) is 0.722.